The third-order valence-electron chi connectivity index (χ3n) is 2.70. The molecule has 0 saturated heterocycles. The number of hydrogen-bond donors (Lipinski definition) is 0. The molecule has 1 aromatic carbocycles. The van der Waals surface area contributed by atoms with Crippen LogP contribution in [0.3, 0.4) is 0 Å². The minimum atomic E-state index is 0.741. The van der Waals surface area contributed by atoms with Crippen LogP contribution in [0.2, 0.25) is 0 Å². The van der Waals surface area contributed by atoms with Crippen LogP contribution in [0.4, 0.5) is 0 Å². The Morgan fingerprint density at radius 2 is 2.00 bits per heavy atom. The maximum absolute atomic E-state index is 5.91. The number of thioether (sulfide) groups is 1. The van der Waals surface area contributed by atoms with Gasteiger partial charge in [-0.15, -0.1) is 11.8 Å². The highest BCUT2D eigenvalue weighted by Gasteiger charge is 2.14. The van der Waals surface area contributed by atoms with Gasteiger partial charge in [0, 0.05) is 22.8 Å². The lowest BCUT2D eigenvalue weighted by Crippen LogP contribution is -1.96. The third-order valence-corrected chi connectivity index (χ3v) is 4.00. The summed E-state index contributed by atoms with van der Waals surface area (Å²) in [6, 6.07) is 8.06. The van der Waals surface area contributed by atoms with Gasteiger partial charge in [-0.25, -0.2) is 4.68 Å². The van der Waals surface area contributed by atoms with Crippen LogP contribution in [0, 0.1) is 6.92 Å². The summed E-state index contributed by atoms with van der Waals surface area (Å²) < 4.78 is 7.68. The molecule has 0 aliphatic rings. The largest absolute Gasteiger partial charge is 0.439 e. The van der Waals surface area contributed by atoms with Crippen LogP contribution in [0.15, 0.2) is 29.2 Å². The molecule has 18 heavy (non-hydrogen) atoms. The standard InChI is InChI=1S/C13H15BrN2OS/c1-9-12(8-14)13(16(2)15-9)17-10-4-6-11(18-3)7-5-10/h4-7H,8H2,1-3H3. The van der Waals surface area contributed by atoms with Crippen molar-refractivity contribution in [1.29, 1.82) is 0 Å². The van der Waals surface area contributed by atoms with Crippen LogP contribution in [0.25, 0.3) is 0 Å². The first kappa shape index (κ1) is 13.5. The van der Waals surface area contributed by atoms with Crippen LogP contribution in [0.5, 0.6) is 11.6 Å². The number of ether oxygens (including phenoxy) is 1. The molecular weight excluding hydrogens is 312 g/mol. The maximum atomic E-state index is 5.91. The molecule has 0 fully saturated rings. The zero-order valence-electron chi connectivity index (χ0n) is 10.6. The number of hydrogen-bond acceptors (Lipinski definition) is 3. The molecule has 0 bridgehead atoms. The van der Waals surface area contributed by atoms with E-state index in [1.807, 2.05) is 26.1 Å². The van der Waals surface area contributed by atoms with E-state index in [2.05, 4.69) is 39.4 Å². The molecule has 0 spiro atoms. The van der Waals surface area contributed by atoms with Crippen molar-refractivity contribution in [3.05, 3.63) is 35.5 Å². The van der Waals surface area contributed by atoms with Gasteiger partial charge in [-0.2, -0.15) is 5.10 Å². The molecule has 0 atom stereocenters. The molecule has 2 aromatic rings. The molecule has 0 aliphatic carbocycles. The predicted molar refractivity (Wildman–Crippen MR) is 78.9 cm³/mol. The van der Waals surface area contributed by atoms with Crippen LogP contribution in [-0.2, 0) is 12.4 Å². The molecule has 1 aromatic heterocycles. The van der Waals surface area contributed by atoms with Crippen molar-refractivity contribution in [2.24, 2.45) is 7.05 Å². The highest BCUT2D eigenvalue weighted by molar-refractivity contribution is 9.08. The second-order valence-corrected chi connectivity index (χ2v) is 5.34. The summed E-state index contributed by atoms with van der Waals surface area (Å²) in [4.78, 5) is 1.23. The normalized spacial score (nSPS) is 10.7. The van der Waals surface area contributed by atoms with Gasteiger partial charge in [0.2, 0.25) is 5.88 Å². The zero-order chi connectivity index (χ0) is 13.1. The van der Waals surface area contributed by atoms with Crippen LogP contribution < -0.4 is 4.74 Å². The minimum Gasteiger partial charge on any atom is -0.439 e. The maximum Gasteiger partial charge on any atom is 0.221 e. The molecule has 5 heteroatoms. The van der Waals surface area contributed by atoms with Crippen LogP contribution in [0.1, 0.15) is 11.3 Å². The predicted octanol–water partition coefficient (Wildman–Crippen LogP) is 4.14. The fraction of sp³-hybridized carbons (Fsp3) is 0.308. The first-order valence-electron chi connectivity index (χ1n) is 5.56. The Labute approximate surface area is 120 Å². The van der Waals surface area contributed by atoms with Crippen molar-refractivity contribution in [2.45, 2.75) is 17.1 Å². The van der Waals surface area contributed by atoms with E-state index in [1.165, 1.54) is 4.90 Å². The minimum absolute atomic E-state index is 0.741. The van der Waals surface area contributed by atoms with E-state index in [0.717, 1.165) is 28.2 Å². The Morgan fingerprint density at radius 3 is 2.56 bits per heavy atom. The Hall–Kier alpha value is -0.940. The second-order valence-electron chi connectivity index (χ2n) is 3.90. The van der Waals surface area contributed by atoms with Crippen molar-refractivity contribution in [3.63, 3.8) is 0 Å². The Balaban J connectivity index is 2.27. The average molecular weight is 327 g/mol. The number of halogens is 1. The van der Waals surface area contributed by atoms with Gasteiger partial charge in [-0.3, -0.25) is 0 Å². The molecule has 96 valence electrons. The Kier molecular flexibility index (Phi) is 4.35. The summed E-state index contributed by atoms with van der Waals surface area (Å²) in [5.41, 5.74) is 2.08. The molecule has 0 N–H and O–H groups in total. The van der Waals surface area contributed by atoms with Crippen molar-refractivity contribution in [3.8, 4) is 11.6 Å². The summed E-state index contributed by atoms with van der Waals surface area (Å²) in [6.07, 6.45) is 2.06. The lowest BCUT2D eigenvalue weighted by molar-refractivity contribution is 0.427. The molecule has 3 nitrogen and oxygen atoms in total. The van der Waals surface area contributed by atoms with Crippen molar-refractivity contribution in [2.75, 3.05) is 6.26 Å². The highest BCUT2D eigenvalue weighted by Crippen LogP contribution is 2.29. The first-order chi connectivity index (χ1) is 8.65. The number of aryl methyl sites for hydroxylation is 2. The molecule has 0 unspecified atom stereocenters. The summed E-state index contributed by atoms with van der Waals surface area (Å²) in [5, 5.41) is 5.11. The van der Waals surface area contributed by atoms with Crippen LogP contribution in [-0.4, -0.2) is 16.0 Å². The lowest BCUT2D eigenvalue weighted by Gasteiger charge is -2.08. The molecule has 0 amide bonds. The van der Waals surface area contributed by atoms with E-state index in [1.54, 1.807) is 16.4 Å². The van der Waals surface area contributed by atoms with Gasteiger partial charge in [-0.05, 0) is 37.4 Å². The molecule has 0 aliphatic heterocycles. The Bertz CT molecular complexity index is 537. The van der Waals surface area contributed by atoms with E-state index in [-0.39, 0.29) is 0 Å². The number of rotatable bonds is 4. The topological polar surface area (TPSA) is 27.1 Å². The number of nitrogens with zero attached hydrogens (tertiary/aromatic N) is 2. The van der Waals surface area contributed by atoms with Gasteiger partial charge >= 0.3 is 0 Å². The fourth-order valence-corrected chi connectivity index (χ4v) is 2.77. The van der Waals surface area contributed by atoms with Gasteiger partial charge in [0.1, 0.15) is 5.75 Å². The number of aromatic nitrogens is 2. The quantitative estimate of drug-likeness (QED) is 0.624. The van der Waals surface area contributed by atoms with Crippen molar-refractivity contribution in [1.82, 2.24) is 9.78 Å². The Morgan fingerprint density at radius 1 is 1.33 bits per heavy atom. The lowest BCUT2D eigenvalue weighted by atomic mass is 10.3. The molecule has 1 heterocycles. The van der Waals surface area contributed by atoms with Crippen molar-refractivity contribution >= 4 is 27.7 Å². The van der Waals surface area contributed by atoms with Gasteiger partial charge < -0.3 is 4.74 Å². The molecule has 0 radical (unpaired) electrons. The smallest absolute Gasteiger partial charge is 0.221 e. The van der Waals surface area contributed by atoms with Gasteiger partial charge in [0.15, 0.2) is 0 Å². The van der Waals surface area contributed by atoms with Crippen molar-refractivity contribution < 1.29 is 4.74 Å². The molecule has 2 rings (SSSR count). The summed E-state index contributed by atoms with van der Waals surface area (Å²) in [6.45, 7) is 1.99. The SMILES string of the molecule is CSc1ccc(Oc2c(CBr)c(C)nn2C)cc1. The summed E-state index contributed by atoms with van der Waals surface area (Å²) in [7, 11) is 1.89. The first-order valence-corrected chi connectivity index (χ1v) is 7.90. The highest BCUT2D eigenvalue weighted by atomic mass is 79.9. The van der Waals surface area contributed by atoms with E-state index in [9.17, 15) is 0 Å². The monoisotopic (exact) mass is 326 g/mol. The van der Waals surface area contributed by atoms with Gasteiger partial charge in [0.05, 0.1) is 5.69 Å². The number of alkyl halides is 1. The van der Waals surface area contributed by atoms with E-state index >= 15 is 0 Å². The molecule has 0 saturated carbocycles. The summed E-state index contributed by atoms with van der Waals surface area (Å²) >= 11 is 5.19. The number of benzene rings is 1. The van der Waals surface area contributed by atoms with E-state index in [0.29, 0.717) is 0 Å². The second kappa shape index (κ2) is 5.80. The zero-order valence-corrected chi connectivity index (χ0v) is 13.0. The fourth-order valence-electron chi connectivity index (χ4n) is 1.72. The van der Waals surface area contributed by atoms with E-state index < -0.39 is 0 Å². The van der Waals surface area contributed by atoms with Gasteiger partial charge in [-0.1, -0.05) is 15.9 Å². The summed E-state index contributed by atoms with van der Waals surface area (Å²) in [5.74, 6) is 1.62. The van der Waals surface area contributed by atoms with Crippen LogP contribution >= 0.6 is 27.7 Å². The average Bonchev–Trinajstić information content (AvgIpc) is 2.64. The van der Waals surface area contributed by atoms with Gasteiger partial charge in [0.25, 0.3) is 0 Å². The third kappa shape index (κ3) is 2.72. The van der Waals surface area contributed by atoms with E-state index in [4.69, 9.17) is 4.74 Å². The molecular formula is C13H15BrN2OS.